The average molecular weight is 334 g/mol. The van der Waals surface area contributed by atoms with E-state index in [-0.39, 0.29) is 6.61 Å². The second-order valence-corrected chi connectivity index (χ2v) is 5.53. The molecule has 0 aliphatic heterocycles. The van der Waals surface area contributed by atoms with E-state index in [1.807, 2.05) is 30.3 Å². The number of aliphatic hydroxyl groups excluding tert-OH is 1. The number of esters is 1. The summed E-state index contributed by atoms with van der Waals surface area (Å²) in [6, 6.07) is 16.2. The largest absolute Gasteiger partial charge is 0.464 e. The van der Waals surface area contributed by atoms with E-state index in [0.717, 1.165) is 11.1 Å². The third-order valence-corrected chi connectivity index (χ3v) is 3.69. The summed E-state index contributed by atoms with van der Waals surface area (Å²) in [7, 11) is 0. The summed E-state index contributed by atoms with van der Waals surface area (Å²) in [5, 5.41) is 14.2. The average Bonchev–Trinajstić information content (AvgIpc) is 2.57. The van der Waals surface area contributed by atoms with Gasteiger partial charge in [0.15, 0.2) is 6.10 Å². The highest BCUT2D eigenvalue weighted by molar-refractivity contribution is 6.30. The topological polar surface area (TPSA) is 58.6 Å². The Balaban J connectivity index is 2.16. The second kappa shape index (κ2) is 8.67. The molecule has 0 radical (unpaired) electrons. The Morgan fingerprint density at radius 2 is 1.83 bits per heavy atom. The maximum Gasteiger partial charge on any atom is 0.336 e. The Morgan fingerprint density at radius 3 is 2.43 bits per heavy atom. The minimum atomic E-state index is -1.29. The third-order valence-electron chi connectivity index (χ3n) is 3.44. The maximum atomic E-state index is 11.9. The highest BCUT2D eigenvalue weighted by Gasteiger charge is 2.28. The molecule has 0 unspecified atom stereocenters. The van der Waals surface area contributed by atoms with Crippen LogP contribution in [0, 0.1) is 0 Å². The molecule has 0 aliphatic carbocycles. The lowest BCUT2D eigenvalue weighted by atomic mass is 10.0. The summed E-state index contributed by atoms with van der Waals surface area (Å²) in [6.45, 7) is 2.45. The highest BCUT2D eigenvalue weighted by atomic mass is 35.5. The highest BCUT2D eigenvalue weighted by Crippen LogP contribution is 2.21. The van der Waals surface area contributed by atoms with E-state index < -0.39 is 18.1 Å². The standard InChI is InChI=1S/C18H20ClNO3/c1-2-23-18(22)17(21)16(14-8-10-15(19)11-9-14)20-12-13-6-4-3-5-7-13/h3-11,16-17,20-21H,2,12H2,1H3/t16-,17+/m0/s1. The number of aliphatic hydroxyl groups is 1. The number of nitrogens with one attached hydrogen (secondary N) is 1. The van der Waals surface area contributed by atoms with Crippen molar-refractivity contribution in [2.75, 3.05) is 6.61 Å². The minimum absolute atomic E-state index is 0.224. The van der Waals surface area contributed by atoms with Crippen molar-refractivity contribution >= 4 is 17.6 Å². The lowest BCUT2D eigenvalue weighted by Gasteiger charge is -2.23. The van der Waals surface area contributed by atoms with E-state index in [1.165, 1.54) is 0 Å². The summed E-state index contributed by atoms with van der Waals surface area (Å²) >= 11 is 5.91. The zero-order valence-corrected chi connectivity index (χ0v) is 13.7. The van der Waals surface area contributed by atoms with Gasteiger partial charge in [-0.2, -0.15) is 0 Å². The molecule has 0 amide bonds. The smallest absolute Gasteiger partial charge is 0.336 e. The van der Waals surface area contributed by atoms with Gasteiger partial charge < -0.3 is 15.2 Å². The van der Waals surface area contributed by atoms with Gasteiger partial charge in [-0.15, -0.1) is 0 Å². The summed E-state index contributed by atoms with van der Waals surface area (Å²) in [6.07, 6.45) is -1.29. The summed E-state index contributed by atoms with van der Waals surface area (Å²) < 4.78 is 4.93. The molecule has 0 saturated heterocycles. The summed E-state index contributed by atoms with van der Waals surface area (Å²) in [5.74, 6) is -0.645. The van der Waals surface area contributed by atoms with Crippen molar-refractivity contribution in [3.8, 4) is 0 Å². The van der Waals surface area contributed by atoms with Crippen LogP contribution in [0.2, 0.25) is 5.02 Å². The van der Waals surface area contributed by atoms with Crippen LogP contribution < -0.4 is 5.32 Å². The van der Waals surface area contributed by atoms with E-state index in [4.69, 9.17) is 16.3 Å². The molecule has 0 aliphatic rings. The molecule has 0 fully saturated rings. The molecule has 4 nitrogen and oxygen atoms in total. The first-order valence-electron chi connectivity index (χ1n) is 7.49. The van der Waals surface area contributed by atoms with Gasteiger partial charge in [-0.1, -0.05) is 54.1 Å². The number of carbonyl (C=O) groups is 1. The van der Waals surface area contributed by atoms with Gasteiger partial charge in [0.05, 0.1) is 12.6 Å². The van der Waals surface area contributed by atoms with E-state index in [2.05, 4.69) is 5.32 Å². The number of carbonyl (C=O) groups excluding carboxylic acids is 1. The van der Waals surface area contributed by atoms with E-state index in [0.29, 0.717) is 11.6 Å². The van der Waals surface area contributed by atoms with Gasteiger partial charge in [-0.25, -0.2) is 4.79 Å². The monoisotopic (exact) mass is 333 g/mol. The Morgan fingerprint density at radius 1 is 1.17 bits per heavy atom. The molecule has 2 N–H and O–H groups in total. The van der Waals surface area contributed by atoms with Crippen molar-refractivity contribution in [3.63, 3.8) is 0 Å². The molecular weight excluding hydrogens is 314 g/mol. The van der Waals surface area contributed by atoms with E-state index in [9.17, 15) is 9.90 Å². The number of ether oxygens (including phenoxy) is 1. The van der Waals surface area contributed by atoms with Gasteiger partial charge in [0, 0.05) is 11.6 Å². The van der Waals surface area contributed by atoms with Crippen molar-refractivity contribution in [2.24, 2.45) is 0 Å². The quantitative estimate of drug-likeness (QED) is 0.764. The van der Waals surface area contributed by atoms with E-state index >= 15 is 0 Å². The van der Waals surface area contributed by atoms with Crippen LogP contribution in [-0.4, -0.2) is 23.8 Å². The van der Waals surface area contributed by atoms with Crippen LogP contribution in [0.1, 0.15) is 24.1 Å². The van der Waals surface area contributed by atoms with Gasteiger partial charge in [0.2, 0.25) is 0 Å². The molecule has 2 atom stereocenters. The Labute approximate surface area is 141 Å². The number of hydrogen-bond donors (Lipinski definition) is 2. The van der Waals surface area contributed by atoms with Crippen molar-refractivity contribution in [2.45, 2.75) is 25.6 Å². The zero-order chi connectivity index (χ0) is 16.7. The number of benzene rings is 2. The van der Waals surface area contributed by atoms with Gasteiger partial charge in [-0.3, -0.25) is 0 Å². The molecule has 5 heteroatoms. The van der Waals surface area contributed by atoms with Gasteiger partial charge in [-0.05, 0) is 30.2 Å². The molecular formula is C18H20ClNO3. The molecule has 0 aromatic heterocycles. The fourth-order valence-corrected chi connectivity index (χ4v) is 2.40. The van der Waals surface area contributed by atoms with Gasteiger partial charge >= 0.3 is 5.97 Å². The van der Waals surface area contributed by atoms with Crippen molar-refractivity contribution < 1.29 is 14.6 Å². The molecule has 0 heterocycles. The lowest BCUT2D eigenvalue weighted by Crippen LogP contribution is -2.38. The zero-order valence-electron chi connectivity index (χ0n) is 12.9. The van der Waals surface area contributed by atoms with Crippen molar-refractivity contribution in [3.05, 3.63) is 70.7 Å². The minimum Gasteiger partial charge on any atom is -0.464 e. The predicted molar refractivity (Wildman–Crippen MR) is 90.1 cm³/mol. The lowest BCUT2D eigenvalue weighted by molar-refractivity contribution is -0.154. The van der Waals surface area contributed by atoms with Crippen molar-refractivity contribution in [1.29, 1.82) is 0 Å². The summed E-state index contributed by atoms with van der Waals surface area (Å²) in [4.78, 5) is 11.9. The van der Waals surface area contributed by atoms with Crippen LogP contribution in [-0.2, 0) is 16.1 Å². The second-order valence-electron chi connectivity index (χ2n) is 5.09. The molecule has 2 rings (SSSR count). The first-order chi connectivity index (χ1) is 11.1. The molecule has 0 bridgehead atoms. The van der Waals surface area contributed by atoms with Crippen LogP contribution in [0.5, 0.6) is 0 Å². The molecule has 0 saturated carbocycles. The van der Waals surface area contributed by atoms with Crippen LogP contribution >= 0.6 is 11.6 Å². The summed E-state index contributed by atoms with van der Waals surface area (Å²) in [5.41, 5.74) is 1.83. The third kappa shape index (κ3) is 5.06. The number of rotatable bonds is 7. The van der Waals surface area contributed by atoms with Crippen LogP contribution in [0.25, 0.3) is 0 Å². The van der Waals surface area contributed by atoms with Gasteiger partial charge in [0.1, 0.15) is 0 Å². The predicted octanol–water partition coefficient (Wildman–Crippen LogP) is 3.09. The fraction of sp³-hybridized carbons (Fsp3) is 0.278. The molecule has 2 aromatic carbocycles. The molecule has 23 heavy (non-hydrogen) atoms. The van der Waals surface area contributed by atoms with Crippen LogP contribution in [0.4, 0.5) is 0 Å². The van der Waals surface area contributed by atoms with Crippen molar-refractivity contribution in [1.82, 2.24) is 5.32 Å². The first-order valence-corrected chi connectivity index (χ1v) is 7.87. The van der Waals surface area contributed by atoms with Crippen LogP contribution in [0.3, 0.4) is 0 Å². The normalized spacial score (nSPS) is 13.3. The molecule has 2 aromatic rings. The Bertz CT molecular complexity index is 616. The maximum absolute atomic E-state index is 11.9. The Hall–Kier alpha value is -1.88. The SMILES string of the molecule is CCOC(=O)[C@H](O)[C@@H](NCc1ccccc1)c1ccc(Cl)cc1. The number of hydrogen-bond acceptors (Lipinski definition) is 4. The van der Waals surface area contributed by atoms with E-state index in [1.54, 1.807) is 31.2 Å². The first kappa shape index (κ1) is 17.5. The number of halogens is 1. The van der Waals surface area contributed by atoms with Gasteiger partial charge in [0.25, 0.3) is 0 Å². The molecule has 0 spiro atoms. The fourth-order valence-electron chi connectivity index (χ4n) is 2.27. The van der Waals surface area contributed by atoms with Crippen LogP contribution in [0.15, 0.2) is 54.6 Å². The molecule has 122 valence electrons. The Kier molecular flexibility index (Phi) is 6.59.